The van der Waals surface area contributed by atoms with Gasteiger partial charge in [-0.3, -0.25) is 9.78 Å². The van der Waals surface area contributed by atoms with Gasteiger partial charge in [0.2, 0.25) is 12.6 Å². The van der Waals surface area contributed by atoms with Crippen LogP contribution >= 0.6 is 11.6 Å². The van der Waals surface area contributed by atoms with Crippen molar-refractivity contribution in [2.45, 2.75) is 20.2 Å². The van der Waals surface area contributed by atoms with Gasteiger partial charge in [0.15, 0.2) is 0 Å². The third kappa shape index (κ3) is 4.46. The molecule has 3 aromatic heterocycles. The molecule has 146 valence electrons. The Labute approximate surface area is 170 Å². The molecule has 0 saturated heterocycles. The SMILES string of the molecule is CC(=O)OCn1nnc(-c2ccnc(-c3cn(Cc4ccccc4Cl)cn3)c2)n1. The van der Waals surface area contributed by atoms with E-state index < -0.39 is 5.97 Å². The number of halogens is 1. The van der Waals surface area contributed by atoms with Crippen molar-refractivity contribution in [1.82, 2.24) is 34.7 Å². The molecule has 0 aliphatic carbocycles. The molecule has 29 heavy (non-hydrogen) atoms. The van der Waals surface area contributed by atoms with Gasteiger partial charge in [0.1, 0.15) is 5.69 Å². The molecule has 0 N–H and O–H groups in total. The van der Waals surface area contributed by atoms with Gasteiger partial charge in [-0.1, -0.05) is 29.8 Å². The van der Waals surface area contributed by atoms with Crippen LogP contribution in [-0.2, 0) is 22.8 Å². The molecule has 3 heterocycles. The second-order valence-corrected chi connectivity index (χ2v) is 6.61. The quantitative estimate of drug-likeness (QED) is 0.451. The number of benzene rings is 1. The molecular weight excluding hydrogens is 394 g/mol. The largest absolute Gasteiger partial charge is 0.441 e. The molecular formula is C19H16ClN7O2. The lowest BCUT2D eigenvalue weighted by atomic mass is 10.2. The number of aromatic nitrogens is 7. The van der Waals surface area contributed by atoms with Gasteiger partial charge >= 0.3 is 5.97 Å². The molecule has 1 aromatic carbocycles. The Hall–Kier alpha value is -3.59. The molecule has 10 heteroatoms. The number of rotatable bonds is 6. The van der Waals surface area contributed by atoms with Crippen molar-refractivity contribution in [2.24, 2.45) is 0 Å². The second-order valence-electron chi connectivity index (χ2n) is 6.20. The van der Waals surface area contributed by atoms with Crippen LogP contribution in [0.3, 0.4) is 0 Å². The zero-order chi connectivity index (χ0) is 20.2. The minimum atomic E-state index is -0.414. The Morgan fingerprint density at radius 1 is 1.17 bits per heavy atom. The fraction of sp³-hybridized carbons (Fsp3) is 0.158. The number of esters is 1. The van der Waals surface area contributed by atoms with Crippen LogP contribution in [0.5, 0.6) is 0 Å². The Morgan fingerprint density at radius 2 is 2.03 bits per heavy atom. The van der Waals surface area contributed by atoms with Gasteiger partial charge in [-0.05, 0) is 29.0 Å². The standard InChI is InChI=1S/C19H16ClN7O2/c1-13(28)29-12-27-24-19(23-25-27)14-6-7-21-17(8-14)18-10-26(11-22-18)9-15-4-2-3-5-16(15)20/h2-8,10-11H,9,12H2,1H3. The first-order valence-corrected chi connectivity index (χ1v) is 9.09. The van der Waals surface area contributed by atoms with Crippen LogP contribution in [0.15, 0.2) is 55.1 Å². The van der Waals surface area contributed by atoms with Crippen LogP contribution in [-0.4, -0.2) is 40.7 Å². The average Bonchev–Trinajstić information content (AvgIpc) is 3.38. The molecule has 0 bridgehead atoms. The van der Waals surface area contributed by atoms with Crippen LogP contribution in [0, 0.1) is 0 Å². The molecule has 0 aliphatic rings. The molecule has 0 spiro atoms. The van der Waals surface area contributed by atoms with E-state index in [4.69, 9.17) is 16.3 Å². The number of ether oxygens (including phenoxy) is 1. The molecule has 0 atom stereocenters. The number of nitrogens with zero attached hydrogens (tertiary/aromatic N) is 7. The Bertz CT molecular complexity index is 1150. The van der Waals surface area contributed by atoms with Crippen molar-refractivity contribution in [3.8, 4) is 22.8 Å². The highest BCUT2D eigenvalue weighted by Gasteiger charge is 2.11. The van der Waals surface area contributed by atoms with Gasteiger partial charge in [-0.15, -0.1) is 15.0 Å². The van der Waals surface area contributed by atoms with Gasteiger partial charge in [-0.2, -0.15) is 0 Å². The molecule has 4 rings (SSSR count). The van der Waals surface area contributed by atoms with Gasteiger partial charge in [-0.25, -0.2) is 4.98 Å². The van der Waals surface area contributed by atoms with E-state index in [-0.39, 0.29) is 6.73 Å². The average molecular weight is 410 g/mol. The van der Waals surface area contributed by atoms with Crippen molar-refractivity contribution < 1.29 is 9.53 Å². The number of carbonyl (C=O) groups excluding carboxylic acids is 1. The van der Waals surface area contributed by atoms with Crippen molar-refractivity contribution >= 4 is 17.6 Å². The molecule has 4 aromatic rings. The lowest BCUT2D eigenvalue weighted by Crippen LogP contribution is -2.09. The maximum absolute atomic E-state index is 10.9. The minimum absolute atomic E-state index is 0.0905. The highest BCUT2D eigenvalue weighted by Crippen LogP contribution is 2.22. The predicted molar refractivity (Wildman–Crippen MR) is 105 cm³/mol. The maximum atomic E-state index is 10.9. The Balaban J connectivity index is 1.53. The summed E-state index contributed by atoms with van der Waals surface area (Å²) in [6, 6.07) is 11.3. The topological polar surface area (TPSA) is 101 Å². The molecule has 0 unspecified atom stereocenters. The fourth-order valence-electron chi connectivity index (χ4n) is 2.67. The third-order valence-corrected chi connectivity index (χ3v) is 4.43. The van der Waals surface area contributed by atoms with E-state index in [9.17, 15) is 4.79 Å². The van der Waals surface area contributed by atoms with Gasteiger partial charge in [0.25, 0.3) is 0 Å². The van der Waals surface area contributed by atoms with Crippen molar-refractivity contribution in [1.29, 1.82) is 0 Å². The Kier molecular flexibility index (Phi) is 5.30. The van der Waals surface area contributed by atoms with E-state index in [0.29, 0.717) is 28.8 Å². The predicted octanol–water partition coefficient (Wildman–Crippen LogP) is 2.82. The van der Waals surface area contributed by atoms with Crippen molar-refractivity contribution in [2.75, 3.05) is 0 Å². The van der Waals surface area contributed by atoms with Crippen LogP contribution in [0.2, 0.25) is 5.02 Å². The van der Waals surface area contributed by atoms with Gasteiger partial charge < -0.3 is 9.30 Å². The van der Waals surface area contributed by atoms with Gasteiger partial charge in [0, 0.05) is 36.4 Å². The van der Waals surface area contributed by atoms with E-state index in [0.717, 1.165) is 11.1 Å². The van der Waals surface area contributed by atoms with Crippen molar-refractivity contribution in [3.63, 3.8) is 0 Å². The van der Waals surface area contributed by atoms with Crippen molar-refractivity contribution in [3.05, 3.63) is 65.7 Å². The summed E-state index contributed by atoms with van der Waals surface area (Å²) in [4.78, 5) is 20.9. The highest BCUT2D eigenvalue weighted by atomic mass is 35.5. The monoisotopic (exact) mass is 409 g/mol. The van der Waals surface area contributed by atoms with E-state index in [1.165, 1.54) is 11.7 Å². The summed E-state index contributed by atoms with van der Waals surface area (Å²) in [7, 11) is 0. The van der Waals surface area contributed by atoms with Gasteiger partial charge in [0.05, 0.1) is 12.0 Å². The van der Waals surface area contributed by atoms with Crippen LogP contribution in [0.4, 0.5) is 0 Å². The van der Waals surface area contributed by atoms with E-state index in [1.807, 2.05) is 41.1 Å². The summed E-state index contributed by atoms with van der Waals surface area (Å²) in [5.74, 6) is -0.0151. The maximum Gasteiger partial charge on any atom is 0.304 e. The summed E-state index contributed by atoms with van der Waals surface area (Å²) in [5, 5.41) is 12.8. The molecule has 9 nitrogen and oxygen atoms in total. The molecule has 0 amide bonds. The first kappa shape index (κ1) is 18.8. The van der Waals surface area contributed by atoms with E-state index >= 15 is 0 Å². The van der Waals surface area contributed by atoms with E-state index in [1.54, 1.807) is 18.6 Å². The second kappa shape index (κ2) is 8.19. The first-order chi connectivity index (χ1) is 14.1. The smallest absolute Gasteiger partial charge is 0.304 e. The number of hydrogen-bond acceptors (Lipinski definition) is 7. The lowest BCUT2D eigenvalue weighted by Gasteiger charge is -2.04. The number of tetrazole rings is 1. The molecule has 0 aliphatic heterocycles. The fourth-order valence-corrected chi connectivity index (χ4v) is 2.87. The normalized spacial score (nSPS) is 10.8. The summed E-state index contributed by atoms with van der Waals surface area (Å²) in [5.41, 5.74) is 3.13. The zero-order valence-electron chi connectivity index (χ0n) is 15.4. The first-order valence-electron chi connectivity index (χ1n) is 8.71. The highest BCUT2D eigenvalue weighted by molar-refractivity contribution is 6.31. The van der Waals surface area contributed by atoms with E-state index in [2.05, 4.69) is 25.4 Å². The number of carbonyl (C=O) groups is 1. The number of pyridine rings is 1. The molecule has 0 radical (unpaired) electrons. The molecule has 0 saturated carbocycles. The zero-order valence-corrected chi connectivity index (χ0v) is 16.2. The van der Waals surface area contributed by atoms with Crippen LogP contribution in [0.1, 0.15) is 12.5 Å². The summed E-state index contributed by atoms with van der Waals surface area (Å²) in [6.45, 7) is 1.84. The Morgan fingerprint density at radius 3 is 2.86 bits per heavy atom. The molecule has 0 fully saturated rings. The minimum Gasteiger partial charge on any atom is -0.441 e. The van der Waals surface area contributed by atoms with Crippen LogP contribution < -0.4 is 0 Å². The third-order valence-electron chi connectivity index (χ3n) is 4.06. The summed E-state index contributed by atoms with van der Waals surface area (Å²) < 4.78 is 6.80. The summed E-state index contributed by atoms with van der Waals surface area (Å²) >= 11 is 6.23. The lowest BCUT2D eigenvalue weighted by molar-refractivity contribution is -0.145. The number of hydrogen-bond donors (Lipinski definition) is 0. The summed E-state index contributed by atoms with van der Waals surface area (Å²) in [6.07, 6.45) is 5.30. The van der Waals surface area contributed by atoms with Crippen LogP contribution in [0.25, 0.3) is 22.8 Å². The number of imidazole rings is 1.